The van der Waals surface area contributed by atoms with E-state index in [4.69, 9.17) is 16.9 Å². The first kappa shape index (κ1) is 12.3. The van der Waals surface area contributed by atoms with Crippen LogP contribution in [0.5, 0.6) is 0 Å². The summed E-state index contributed by atoms with van der Waals surface area (Å²) in [6.45, 7) is 0. The molecule has 1 aliphatic heterocycles. The Morgan fingerprint density at radius 2 is 1.90 bits per heavy atom. The minimum Gasteiger partial charge on any atom is -0.268 e. The minimum atomic E-state index is -0.468. The first-order valence-electron chi connectivity index (χ1n) is 5.66. The third-order valence-electron chi connectivity index (χ3n) is 3.01. The predicted octanol–water partition coefficient (Wildman–Crippen LogP) is 2.41. The molecule has 0 aliphatic carbocycles. The summed E-state index contributed by atoms with van der Waals surface area (Å²) >= 11 is 6.05. The summed E-state index contributed by atoms with van der Waals surface area (Å²) in [5.41, 5.74) is 1.16. The second kappa shape index (κ2) is 4.44. The Hall–Kier alpha value is -2.71. The maximum Gasteiger partial charge on any atom is 0.267 e. The van der Waals surface area contributed by atoms with Gasteiger partial charge in [-0.15, -0.1) is 0 Å². The number of nitrogens with zero attached hydrogens (tertiary/aromatic N) is 3. The summed E-state index contributed by atoms with van der Waals surface area (Å²) in [6, 6.07) is 7.84. The van der Waals surface area contributed by atoms with Crippen molar-refractivity contribution >= 4 is 29.1 Å². The van der Waals surface area contributed by atoms with Crippen molar-refractivity contribution in [2.45, 2.75) is 0 Å². The Morgan fingerprint density at radius 3 is 2.55 bits per heavy atom. The molecule has 96 valence electrons. The van der Waals surface area contributed by atoms with E-state index in [0.29, 0.717) is 11.1 Å². The molecule has 0 radical (unpaired) electrons. The molecule has 0 unspecified atom stereocenters. The molecular weight excluding hydrogens is 278 g/mol. The monoisotopic (exact) mass is 283 g/mol. The zero-order valence-corrected chi connectivity index (χ0v) is 10.8. The van der Waals surface area contributed by atoms with Crippen LogP contribution in [0.4, 0.5) is 5.69 Å². The minimum absolute atomic E-state index is 0.173. The molecule has 0 saturated heterocycles. The average Bonchev–Trinajstić information content (AvgIpc) is 2.72. The van der Waals surface area contributed by atoms with Gasteiger partial charge < -0.3 is 0 Å². The Labute approximate surface area is 119 Å². The number of hydrogen-bond donors (Lipinski definition) is 0. The van der Waals surface area contributed by atoms with E-state index < -0.39 is 11.8 Å². The van der Waals surface area contributed by atoms with E-state index in [2.05, 4.69) is 4.98 Å². The predicted molar refractivity (Wildman–Crippen MR) is 71.5 cm³/mol. The Balaban J connectivity index is 2.12. The highest BCUT2D eigenvalue weighted by Crippen LogP contribution is 2.33. The molecule has 0 atom stereocenters. The first-order valence-corrected chi connectivity index (χ1v) is 6.03. The number of halogens is 1. The average molecular weight is 284 g/mol. The number of benzene rings is 1. The van der Waals surface area contributed by atoms with Gasteiger partial charge in [-0.3, -0.25) is 14.6 Å². The molecule has 3 rings (SSSR count). The van der Waals surface area contributed by atoms with E-state index in [0.717, 1.165) is 4.90 Å². The molecule has 0 spiro atoms. The number of hydrogen-bond acceptors (Lipinski definition) is 4. The van der Waals surface area contributed by atoms with Crippen LogP contribution in [-0.4, -0.2) is 16.8 Å². The smallest absolute Gasteiger partial charge is 0.267 e. The molecule has 0 N–H and O–H groups in total. The Kier molecular flexibility index (Phi) is 2.74. The van der Waals surface area contributed by atoms with E-state index >= 15 is 0 Å². The standard InChI is InChI=1S/C14H6ClN3O2/c15-11-5-8(6-16)1-2-12(11)18-13(19)9-3-4-17-7-10(9)14(18)20/h1-5,7H. The van der Waals surface area contributed by atoms with Crippen molar-refractivity contribution in [2.75, 3.05) is 4.90 Å². The van der Waals surface area contributed by atoms with Gasteiger partial charge in [-0.2, -0.15) is 5.26 Å². The lowest BCUT2D eigenvalue weighted by Crippen LogP contribution is -2.29. The number of rotatable bonds is 1. The largest absolute Gasteiger partial charge is 0.268 e. The fourth-order valence-electron chi connectivity index (χ4n) is 2.06. The van der Waals surface area contributed by atoms with Crippen LogP contribution in [0.2, 0.25) is 5.02 Å². The van der Waals surface area contributed by atoms with Crippen LogP contribution in [0.1, 0.15) is 26.3 Å². The van der Waals surface area contributed by atoms with Crippen LogP contribution in [0, 0.1) is 11.3 Å². The fraction of sp³-hybridized carbons (Fsp3) is 0. The zero-order chi connectivity index (χ0) is 14.3. The van der Waals surface area contributed by atoms with Crippen molar-refractivity contribution in [3.63, 3.8) is 0 Å². The molecule has 2 heterocycles. The van der Waals surface area contributed by atoms with Gasteiger partial charge in [-0.1, -0.05) is 11.6 Å². The van der Waals surface area contributed by atoms with Gasteiger partial charge in [-0.05, 0) is 24.3 Å². The summed E-state index contributed by atoms with van der Waals surface area (Å²) < 4.78 is 0. The van der Waals surface area contributed by atoms with E-state index in [1.54, 1.807) is 0 Å². The molecule has 20 heavy (non-hydrogen) atoms. The summed E-state index contributed by atoms with van der Waals surface area (Å²) in [4.78, 5) is 29.4. The number of carbonyl (C=O) groups excluding carboxylic acids is 2. The molecular formula is C14H6ClN3O2. The SMILES string of the molecule is N#Cc1ccc(N2C(=O)c3ccncc3C2=O)c(Cl)c1. The van der Waals surface area contributed by atoms with Gasteiger partial charge in [0.2, 0.25) is 0 Å². The third-order valence-corrected chi connectivity index (χ3v) is 3.31. The lowest BCUT2D eigenvalue weighted by molar-refractivity contribution is 0.0926. The molecule has 2 amide bonds. The van der Waals surface area contributed by atoms with Crippen LogP contribution in [0.15, 0.2) is 36.7 Å². The number of anilines is 1. The van der Waals surface area contributed by atoms with Crippen molar-refractivity contribution < 1.29 is 9.59 Å². The topological polar surface area (TPSA) is 74.1 Å². The van der Waals surface area contributed by atoms with Gasteiger partial charge in [0.1, 0.15) is 0 Å². The molecule has 1 aliphatic rings. The molecule has 2 aromatic rings. The summed E-state index contributed by atoms with van der Waals surface area (Å²) in [5.74, 6) is -0.913. The van der Waals surface area contributed by atoms with Crippen molar-refractivity contribution in [2.24, 2.45) is 0 Å². The maximum absolute atomic E-state index is 12.3. The van der Waals surface area contributed by atoms with Gasteiger partial charge >= 0.3 is 0 Å². The van der Waals surface area contributed by atoms with Crippen molar-refractivity contribution in [1.29, 1.82) is 5.26 Å². The molecule has 0 saturated carbocycles. The highest BCUT2D eigenvalue weighted by Gasteiger charge is 2.37. The molecule has 0 bridgehead atoms. The highest BCUT2D eigenvalue weighted by atomic mass is 35.5. The molecule has 0 fully saturated rings. The Morgan fingerprint density at radius 1 is 1.15 bits per heavy atom. The van der Waals surface area contributed by atoms with Gasteiger partial charge in [0.25, 0.3) is 11.8 Å². The van der Waals surface area contributed by atoms with Gasteiger partial charge in [0, 0.05) is 12.4 Å². The summed E-state index contributed by atoms with van der Waals surface area (Å²) in [7, 11) is 0. The van der Waals surface area contributed by atoms with Crippen LogP contribution >= 0.6 is 11.6 Å². The van der Waals surface area contributed by atoms with Gasteiger partial charge in [0.05, 0.1) is 33.5 Å². The van der Waals surface area contributed by atoms with Crippen LogP contribution in [0.3, 0.4) is 0 Å². The number of fused-ring (bicyclic) bond motifs is 1. The third kappa shape index (κ3) is 1.67. The quantitative estimate of drug-likeness (QED) is 0.753. The highest BCUT2D eigenvalue weighted by molar-refractivity contribution is 6.39. The van der Waals surface area contributed by atoms with Crippen molar-refractivity contribution in [3.05, 3.63) is 58.4 Å². The van der Waals surface area contributed by atoms with Gasteiger partial charge in [0.15, 0.2) is 0 Å². The first-order chi connectivity index (χ1) is 9.63. The van der Waals surface area contributed by atoms with Crippen LogP contribution in [-0.2, 0) is 0 Å². The normalized spacial score (nSPS) is 13.3. The second-order valence-electron chi connectivity index (χ2n) is 4.14. The lowest BCUT2D eigenvalue weighted by Gasteiger charge is -2.15. The zero-order valence-electron chi connectivity index (χ0n) is 10.0. The van der Waals surface area contributed by atoms with E-state index in [1.807, 2.05) is 6.07 Å². The van der Waals surface area contributed by atoms with Crippen LogP contribution in [0.25, 0.3) is 0 Å². The number of imide groups is 1. The van der Waals surface area contributed by atoms with E-state index in [9.17, 15) is 9.59 Å². The number of amides is 2. The molecule has 1 aromatic carbocycles. The number of nitriles is 1. The Bertz CT molecular complexity index is 760. The molecule has 1 aromatic heterocycles. The van der Waals surface area contributed by atoms with E-state index in [-0.39, 0.29) is 16.3 Å². The number of pyridine rings is 1. The second-order valence-corrected chi connectivity index (χ2v) is 4.55. The van der Waals surface area contributed by atoms with Gasteiger partial charge in [-0.25, -0.2) is 4.90 Å². The maximum atomic E-state index is 12.3. The van der Waals surface area contributed by atoms with Crippen molar-refractivity contribution in [1.82, 2.24) is 4.98 Å². The lowest BCUT2D eigenvalue weighted by atomic mass is 10.2. The van der Waals surface area contributed by atoms with Crippen molar-refractivity contribution in [3.8, 4) is 6.07 Å². The van der Waals surface area contributed by atoms with E-state index in [1.165, 1.54) is 36.7 Å². The number of aromatic nitrogens is 1. The summed E-state index contributed by atoms with van der Waals surface area (Å²) in [5, 5.41) is 8.97. The van der Waals surface area contributed by atoms with Crippen LogP contribution < -0.4 is 4.90 Å². The molecule has 5 nitrogen and oxygen atoms in total. The molecule has 6 heteroatoms. The summed E-state index contributed by atoms with van der Waals surface area (Å²) in [6.07, 6.45) is 2.81. The number of carbonyl (C=O) groups is 2. The fourth-order valence-corrected chi connectivity index (χ4v) is 2.33.